The van der Waals surface area contributed by atoms with Gasteiger partial charge in [0.25, 0.3) is 0 Å². The summed E-state index contributed by atoms with van der Waals surface area (Å²) in [6.45, 7) is 14.3. The van der Waals surface area contributed by atoms with Gasteiger partial charge in [0.2, 0.25) is 0 Å². The van der Waals surface area contributed by atoms with E-state index in [1.54, 1.807) is 0 Å². The van der Waals surface area contributed by atoms with Crippen molar-refractivity contribution in [1.82, 2.24) is 0 Å². The lowest BCUT2D eigenvalue weighted by atomic mass is 9.35. The molecule has 486 valence electrons. The summed E-state index contributed by atoms with van der Waals surface area (Å²) in [4.78, 5) is 0. The van der Waals surface area contributed by atoms with E-state index in [-0.39, 0.29) is 34.5 Å². The van der Waals surface area contributed by atoms with E-state index in [2.05, 4.69) is 40.7 Å². The Labute approximate surface area is 490 Å². The Kier molecular flexibility index (Phi) is 20.6. The molecule has 0 aromatic carbocycles. The number of hydrogen-bond donors (Lipinski definition) is 16. The number of aliphatic hydroxyl groups excluding tert-OH is 16. The Balaban J connectivity index is 0.953. The minimum atomic E-state index is -1.79. The van der Waals surface area contributed by atoms with Crippen LogP contribution in [0.1, 0.15) is 113 Å². The average Bonchev–Trinajstić information content (AvgIpc) is 1.22. The van der Waals surface area contributed by atoms with Gasteiger partial charge >= 0.3 is 0 Å². The molecule has 9 aliphatic rings. The predicted octanol–water partition coefficient (Wildman–Crippen LogP) is -3.10. The smallest absolute Gasteiger partial charge is 0.187 e. The molecule has 0 spiro atoms. The molecule has 26 heteroatoms. The summed E-state index contributed by atoms with van der Waals surface area (Å²) >= 11 is 0. The third kappa shape index (κ3) is 12.2. The van der Waals surface area contributed by atoms with Gasteiger partial charge in [-0.15, -0.1) is 0 Å². The maximum absolute atomic E-state index is 13.0. The van der Waals surface area contributed by atoms with Crippen molar-refractivity contribution in [2.45, 2.75) is 272 Å². The normalized spacial score (nSPS) is 53.0. The molecule has 33 atom stereocenters. The van der Waals surface area contributed by atoms with Crippen LogP contribution in [0.25, 0.3) is 0 Å². The summed E-state index contributed by atoms with van der Waals surface area (Å²) in [6.07, 6.45) is -30.9. The molecule has 5 aliphatic heterocycles. The van der Waals surface area contributed by atoms with Crippen LogP contribution in [0, 0.1) is 45.3 Å². The van der Waals surface area contributed by atoms with Crippen LogP contribution < -0.4 is 0 Å². The highest BCUT2D eigenvalue weighted by atomic mass is 16.8. The molecule has 4 saturated carbocycles. The second-order valence-corrected chi connectivity index (χ2v) is 27.8. The Bertz CT molecular complexity index is 2210. The SMILES string of the molecule is CC(C)=CCC[C@](C)(O[C@@H]1O[C@H](CO[C@@H]2O[C@H](CO)[C@@H](O)[C@H](O)[C@H]2O)[C@@H](O)[C@H](O)[C@H]1O)[C@H]1CC[C@]2(C)[C@@H]1[C@H](O)C[C@@H]1[C@@]3(C)C[C@H](O[C@@H]4O[C@H](CO)[C@@H](O)[C@H](O)[C@H]4O[C@@H]4OC[C@@H](O)[C@H](O)[C@H]4O[C@@H]4OC[C@@H](O)[C@H](O)[C@H]4O)CC(C)(C)[C@H]3CC[C@]12C. The van der Waals surface area contributed by atoms with Crippen molar-refractivity contribution < 1.29 is 129 Å². The third-order valence-corrected chi connectivity index (χ3v) is 21.9. The van der Waals surface area contributed by atoms with Crippen LogP contribution in [0.3, 0.4) is 0 Å². The Morgan fingerprint density at radius 3 is 1.71 bits per heavy atom. The summed E-state index contributed by atoms with van der Waals surface area (Å²) in [5.74, 6) is -0.596. The van der Waals surface area contributed by atoms with Crippen LogP contribution in [-0.4, -0.2) is 274 Å². The lowest BCUT2D eigenvalue weighted by molar-refractivity contribution is -0.384. The van der Waals surface area contributed by atoms with Gasteiger partial charge < -0.3 is 129 Å². The van der Waals surface area contributed by atoms with Gasteiger partial charge in [-0.1, -0.05) is 46.3 Å². The van der Waals surface area contributed by atoms with E-state index in [1.165, 1.54) is 0 Å². The van der Waals surface area contributed by atoms with Gasteiger partial charge in [-0.3, -0.25) is 0 Å². The fourth-order valence-electron chi connectivity index (χ4n) is 17.3. The topological polar surface area (TPSA) is 416 Å². The van der Waals surface area contributed by atoms with Crippen molar-refractivity contribution >= 4 is 0 Å². The molecule has 0 amide bonds. The second kappa shape index (κ2) is 25.8. The van der Waals surface area contributed by atoms with Gasteiger partial charge in [-0.25, -0.2) is 0 Å². The number of aliphatic hydroxyl groups is 16. The first-order valence-corrected chi connectivity index (χ1v) is 30.2. The van der Waals surface area contributed by atoms with Crippen LogP contribution >= 0.6 is 0 Å². The Morgan fingerprint density at radius 2 is 1.07 bits per heavy atom. The van der Waals surface area contributed by atoms with E-state index < -0.39 is 203 Å². The van der Waals surface area contributed by atoms with Crippen molar-refractivity contribution in [3.63, 3.8) is 0 Å². The molecule has 0 unspecified atom stereocenters. The number of ether oxygens (including phenoxy) is 10. The summed E-state index contributed by atoms with van der Waals surface area (Å²) in [6, 6.07) is 0. The second-order valence-electron chi connectivity index (χ2n) is 27.8. The molecular formula is C58H98O26. The number of allylic oxidation sites excluding steroid dienone is 2. The van der Waals surface area contributed by atoms with Gasteiger partial charge in [0.15, 0.2) is 31.5 Å². The first-order chi connectivity index (χ1) is 39.4. The molecular weight excluding hydrogens is 1110 g/mol. The fraction of sp³-hybridized carbons (Fsp3) is 0.966. The van der Waals surface area contributed by atoms with Crippen LogP contribution in [0.4, 0.5) is 0 Å². The van der Waals surface area contributed by atoms with Crippen LogP contribution in [0.5, 0.6) is 0 Å². The van der Waals surface area contributed by atoms with Crippen LogP contribution in [-0.2, 0) is 47.4 Å². The maximum atomic E-state index is 13.0. The first-order valence-electron chi connectivity index (χ1n) is 30.2. The van der Waals surface area contributed by atoms with Gasteiger partial charge in [0, 0.05) is 0 Å². The third-order valence-electron chi connectivity index (χ3n) is 21.9. The molecule has 26 nitrogen and oxygen atoms in total. The minimum absolute atomic E-state index is 0.0813. The molecule has 0 radical (unpaired) electrons. The van der Waals surface area contributed by atoms with E-state index in [4.69, 9.17) is 47.4 Å². The Hall–Kier alpha value is -1.30. The zero-order valence-corrected chi connectivity index (χ0v) is 49.5. The van der Waals surface area contributed by atoms with Crippen LogP contribution in [0.15, 0.2) is 11.6 Å². The predicted molar refractivity (Wildman–Crippen MR) is 287 cm³/mol. The maximum Gasteiger partial charge on any atom is 0.187 e. The van der Waals surface area contributed by atoms with Crippen LogP contribution in [0.2, 0.25) is 0 Å². The standard InChI is InChI=1S/C58H98O26/c1-24(2)10-9-13-58(8,84-51-46(74)42(70)40(68)32(81-51)23-77-49-45(73)41(69)38(66)30(19-59)79-49)26-11-14-57(7)35(26)27(61)16-34-55(5)18-25(17-54(3,4)33(55)12-15-56(34,57)6)78-53-48(43(71)39(67)31(20-60)80-53)83-52-47(37(65)29(63)22-76-52)82-50-44(72)36(64)28(62)21-75-50/h10,25-53,59-74H,9,11-23H2,1-8H3/t25-,26+,27-,28-,29-,30-,31-,32-,33-,34-,35+,36+,37+,38-,39-,40-,41+,42+,43+,44-,45-,46-,47-,48-,49-,50+,51+,52+,53-,55+,56-,57-,58+/m1/s1. The number of rotatable bonds is 17. The zero-order valence-electron chi connectivity index (χ0n) is 49.5. The van der Waals surface area contributed by atoms with Crippen molar-refractivity contribution in [2.24, 2.45) is 45.3 Å². The molecule has 4 aliphatic carbocycles. The molecule has 5 heterocycles. The van der Waals surface area contributed by atoms with Crippen molar-refractivity contribution in [3.8, 4) is 0 Å². The summed E-state index contributed by atoms with van der Waals surface area (Å²) < 4.78 is 61.1. The highest BCUT2D eigenvalue weighted by Gasteiger charge is 2.72. The zero-order chi connectivity index (χ0) is 61.5. The molecule has 9 rings (SSSR count). The minimum Gasteiger partial charge on any atom is -0.394 e. The first kappa shape index (κ1) is 67.1. The van der Waals surface area contributed by atoms with Gasteiger partial charge in [0.05, 0.1) is 50.8 Å². The molecule has 0 bridgehead atoms. The highest BCUT2D eigenvalue weighted by Crippen LogP contribution is 2.76. The molecule has 9 fully saturated rings. The summed E-state index contributed by atoms with van der Waals surface area (Å²) in [5.41, 5.74) is -1.81. The molecule has 84 heavy (non-hydrogen) atoms. The van der Waals surface area contributed by atoms with Crippen molar-refractivity contribution in [1.29, 1.82) is 0 Å². The fourth-order valence-corrected chi connectivity index (χ4v) is 17.3. The number of fused-ring (bicyclic) bond motifs is 5. The van der Waals surface area contributed by atoms with Gasteiger partial charge in [-0.05, 0) is 124 Å². The molecule has 0 aromatic heterocycles. The summed E-state index contributed by atoms with van der Waals surface area (Å²) in [7, 11) is 0. The van der Waals surface area contributed by atoms with E-state index in [0.29, 0.717) is 44.9 Å². The van der Waals surface area contributed by atoms with E-state index in [1.807, 2.05) is 20.8 Å². The number of hydrogen-bond acceptors (Lipinski definition) is 26. The monoisotopic (exact) mass is 1210 g/mol. The molecule has 5 saturated heterocycles. The highest BCUT2D eigenvalue weighted by molar-refractivity contribution is 5.20. The lowest BCUT2D eigenvalue weighted by Crippen LogP contribution is -2.67. The molecule has 16 N–H and O–H groups in total. The quantitative estimate of drug-likeness (QED) is 0.0507. The summed E-state index contributed by atoms with van der Waals surface area (Å²) in [5, 5.41) is 175. The lowest BCUT2D eigenvalue weighted by Gasteiger charge is -2.70. The van der Waals surface area contributed by atoms with Gasteiger partial charge in [0.1, 0.15) is 110 Å². The van der Waals surface area contributed by atoms with E-state index in [9.17, 15) is 81.7 Å². The molecule has 0 aromatic rings. The van der Waals surface area contributed by atoms with E-state index >= 15 is 0 Å². The van der Waals surface area contributed by atoms with Gasteiger partial charge in [-0.2, -0.15) is 0 Å². The largest absolute Gasteiger partial charge is 0.394 e. The van der Waals surface area contributed by atoms with Crippen molar-refractivity contribution in [3.05, 3.63) is 11.6 Å². The Morgan fingerprint density at radius 1 is 0.536 bits per heavy atom. The van der Waals surface area contributed by atoms with E-state index in [0.717, 1.165) is 18.4 Å². The van der Waals surface area contributed by atoms with Crippen molar-refractivity contribution in [2.75, 3.05) is 33.0 Å². The average molecular weight is 1210 g/mol.